The molecule has 1 aromatic rings. The number of nitrogens with one attached hydrogen (secondary N) is 2. The van der Waals surface area contributed by atoms with Crippen molar-refractivity contribution in [1.82, 2.24) is 10.6 Å². The fourth-order valence-corrected chi connectivity index (χ4v) is 3.92. The van der Waals surface area contributed by atoms with Crippen LogP contribution in [0.2, 0.25) is 0 Å². The summed E-state index contributed by atoms with van der Waals surface area (Å²) in [7, 11) is 0. The molecule has 3 rings (SSSR count). The monoisotopic (exact) mass is 266 g/mol. The Hall–Kier alpha value is -0.580. The topological polar surface area (TPSA) is 24.1 Å². The number of hydrogen-bond acceptors (Lipinski definition) is 3. The first-order chi connectivity index (χ1) is 8.83. The summed E-state index contributed by atoms with van der Waals surface area (Å²) in [5, 5.41) is 7.10. The van der Waals surface area contributed by atoms with E-state index in [0.29, 0.717) is 12.1 Å². The largest absolute Gasteiger partial charge is 0.317 e. The Morgan fingerprint density at radius 2 is 2.06 bits per heavy atom. The first-order valence-corrected chi connectivity index (χ1v) is 7.70. The van der Waals surface area contributed by atoms with Crippen LogP contribution in [0.5, 0.6) is 0 Å². The van der Waals surface area contributed by atoms with Crippen molar-refractivity contribution in [1.29, 1.82) is 0 Å². The molecule has 98 valence electrons. The molecule has 2 N–H and O–H groups in total. The summed E-state index contributed by atoms with van der Waals surface area (Å²) in [6.45, 7) is 2.18. The second-order valence-electron chi connectivity index (χ2n) is 5.06. The predicted molar refractivity (Wildman–Crippen MR) is 73.5 cm³/mol. The quantitative estimate of drug-likeness (QED) is 0.860. The summed E-state index contributed by atoms with van der Waals surface area (Å²) >= 11 is 1.84. The van der Waals surface area contributed by atoms with E-state index in [-0.39, 0.29) is 5.82 Å². The van der Waals surface area contributed by atoms with Gasteiger partial charge < -0.3 is 10.6 Å². The average Bonchev–Trinajstić information content (AvgIpc) is 2.41. The molecule has 2 aliphatic heterocycles. The molecular formula is C14H19FN2S. The molecule has 1 atom stereocenters. The molecule has 0 bridgehead atoms. The standard InChI is InChI=1S/C14H19FN2S/c15-10-1-2-14-12(9-10)13(5-8-18-14)17-11-3-6-16-7-4-11/h1-2,9,11,13,16-17H,3-8H2. The summed E-state index contributed by atoms with van der Waals surface area (Å²) in [5.41, 5.74) is 1.16. The first kappa shape index (κ1) is 12.5. The van der Waals surface area contributed by atoms with Crippen molar-refractivity contribution in [2.45, 2.75) is 36.2 Å². The third-order valence-electron chi connectivity index (χ3n) is 3.79. The van der Waals surface area contributed by atoms with Crippen molar-refractivity contribution in [3.63, 3.8) is 0 Å². The molecule has 18 heavy (non-hydrogen) atoms. The lowest BCUT2D eigenvalue weighted by Crippen LogP contribution is -2.42. The van der Waals surface area contributed by atoms with E-state index in [1.807, 2.05) is 17.8 Å². The Labute approximate surface area is 112 Å². The van der Waals surface area contributed by atoms with Gasteiger partial charge in [-0.15, -0.1) is 11.8 Å². The van der Waals surface area contributed by atoms with Gasteiger partial charge in [0, 0.05) is 17.0 Å². The SMILES string of the molecule is Fc1ccc2c(c1)C(NC1CCNCC1)CCS2. The normalized spacial score (nSPS) is 24.8. The number of piperidine rings is 1. The van der Waals surface area contributed by atoms with Gasteiger partial charge in [-0.05, 0) is 61.9 Å². The van der Waals surface area contributed by atoms with Gasteiger partial charge in [-0.3, -0.25) is 0 Å². The van der Waals surface area contributed by atoms with E-state index in [2.05, 4.69) is 10.6 Å². The molecule has 0 aliphatic carbocycles. The van der Waals surface area contributed by atoms with Crippen molar-refractivity contribution >= 4 is 11.8 Å². The summed E-state index contributed by atoms with van der Waals surface area (Å²) in [6, 6.07) is 6.11. The third kappa shape index (κ3) is 2.71. The smallest absolute Gasteiger partial charge is 0.123 e. The average molecular weight is 266 g/mol. The van der Waals surface area contributed by atoms with Gasteiger partial charge in [0.05, 0.1) is 0 Å². The maximum Gasteiger partial charge on any atom is 0.123 e. The summed E-state index contributed by atoms with van der Waals surface area (Å²) < 4.78 is 13.4. The van der Waals surface area contributed by atoms with Crippen molar-refractivity contribution < 1.29 is 4.39 Å². The van der Waals surface area contributed by atoms with E-state index >= 15 is 0 Å². The van der Waals surface area contributed by atoms with Gasteiger partial charge in [-0.1, -0.05) is 0 Å². The lowest BCUT2D eigenvalue weighted by atomic mass is 9.99. The molecule has 2 aliphatic rings. The first-order valence-electron chi connectivity index (χ1n) is 6.72. The zero-order valence-corrected chi connectivity index (χ0v) is 11.2. The third-order valence-corrected chi connectivity index (χ3v) is 4.91. The number of thioether (sulfide) groups is 1. The summed E-state index contributed by atoms with van der Waals surface area (Å²) in [5.74, 6) is 1.01. The number of benzene rings is 1. The van der Waals surface area contributed by atoms with E-state index in [9.17, 15) is 4.39 Å². The highest BCUT2D eigenvalue weighted by Gasteiger charge is 2.24. The van der Waals surface area contributed by atoms with Gasteiger partial charge in [0.15, 0.2) is 0 Å². The van der Waals surface area contributed by atoms with Gasteiger partial charge in [0.25, 0.3) is 0 Å². The second kappa shape index (κ2) is 5.59. The van der Waals surface area contributed by atoms with E-state index < -0.39 is 0 Å². The lowest BCUT2D eigenvalue weighted by molar-refractivity contribution is 0.342. The zero-order chi connectivity index (χ0) is 12.4. The molecule has 1 unspecified atom stereocenters. The van der Waals surface area contributed by atoms with Crippen molar-refractivity contribution in [3.05, 3.63) is 29.6 Å². The van der Waals surface area contributed by atoms with Crippen LogP contribution in [0.4, 0.5) is 4.39 Å². The van der Waals surface area contributed by atoms with Crippen LogP contribution in [0.25, 0.3) is 0 Å². The molecule has 2 nitrogen and oxygen atoms in total. The van der Waals surface area contributed by atoms with Gasteiger partial charge in [0.1, 0.15) is 5.82 Å². The predicted octanol–water partition coefficient (Wildman–Crippen LogP) is 2.70. The fraction of sp³-hybridized carbons (Fsp3) is 0.571. The Morgan fingerprint density at radius 1 is 1.22 bits per heavy atom. The molecule has 4 heteroatoms. The number of halogens is 1. The lowest BCUT2D eigenvalue weighted by Gasteiger charge is -2.32. The molecule has 0 radical (unpaired) electrons. The zero-order valence-electron chi connectivity index (χ0n) is 10.4. The maximum absolute atomic E-state index is 13.4. The van der Waals surface area contributed by atoms with E-state index in [1.165, 1.54) is 17.7 Å². The van der Waals surface area contributed by atoms with Crippen LogP contribution >= 0.6 is 11.8 Å². The molecule has 0 spiro atoms. The molecule has 1 saturated heterocycles. The van der Waals surface area contributed by atoms with Gasteiger partial charge in [-0.2, -0.15) is 0 Å². The number of hydrogen-bond donors (Lipinski definition) is 2. The van der Waals surface area contributed by atoms with Crippen LogP contribution in [0.3, 0.4) is 0 Å². The summed E-state index contributed by atoms with van der Waals surface area (Å²) in [6.07, 6.45) is 3.45. The molecule has 2 heterocycles. The Kier molecular flexibility index (Phi) is 3.87. The highest BCUT2D eigenvalue weighted by molar-refractivity contribution is 7.99. The van der Waals surface area contributed by atoms with Gasteiger partial charge in [0.2, 0.25) is 0 Å². The minimum atomic E-state index is -0.117. The fourth-order valence-electron chi connectivity index (χ4n) is 2.81. The molecule has 0 amide bonds. The number of fused-ring (bicyclic) bond motifs is 1. The van der Waals surface area contributed by atoms with Crippen LogP contribution in [0.15, 0.2) is 23.1 Å². The number of rotatable bonds is 2. The van der Waals surface area contributed by atoms with Crippen molar-refractivity contribution in [2.24, 2.45) is 0 Å². The van der Waals surface area contributed by atoms with E-state index in [4.69, 9.17) is 0 Å². The molecule has 0 saturated carbocycles. The maximum atomic E-state index is 13.4. The van der Waals surface area contributed by atoms with Crippen LogP contribution < -0.4 is 10.6 Å². The van der Waals surface area contributed by atoms with Crippen LogP contribution in [0.1, 0.15) is 30.9 Å². The molecular weight excluding hydrogens is 247 g/mol. The van der Waals surface area contributed by atoms with Crippen molar-refractivity contribution in [2.75, 3.05) is 18.8 Å². The Morgan fingerprint density at radius 3 is 2.89 bits per heavy atom. The van der Waals surface area contributed by atoms with E-state index in [0.717, 1.165) is 30.8 Å². The van der Waals surface area contributed by atoms with E-state index in [1.54, 1.807) is 12.1 Å². The van der Waals surface area contributed by atoms with Crippen LogP contribution in [0, 0.1) is 5.82 Å². The highest BCUT2D eigenvalue weighted by Crippen LogP contribution is 2.36. The Bertz CT molecular complexity index is 418. The summed E-state index contributed by atoms with van der Waals surface area (Å²) in [4.78, 5) is 1.24. The molecule has 1 fully saturated rings. The van der Waals surface area contributed by atoms with Crippen LogP contribution in [-0.4, -0.2) is 24.9 Å². The van der Waals surface area contributed by atoms with Crippen LogP contribution in [-0.2, 0) is 0 Å². The molecule has 1 aromatic carbocycles. The minimum absolute atomic E-state index is 0.117. The minimum Gasteiger partial charge on any atom is -0.317 e. The van der Waals surface area contributed by atoms with Crippen molar-refractivity contribution in [3.8, 4) is 0 Å². The van der Waals surface area contributed by atoms with Gasteiger partial charge in [-0.25, -0.2) is 4.39 Å². The highest BCUT2D eigenvalue weighted by atomic mass is 32.2. The second-order valence-corrected chi connectivity index (χ2v) is 6.20. The molecule has 0 aromatic heterocycles. The Balaban J connectivity index is 1.75. The van der Waals surface area contributed by atoms with Gasteiger partial charge >= 0.3 is 0 Å².